The molecule has 4 rings (SSSR count). The molecule has 0 spiro atoms. The largest absolute Gasteiger partial charge is 0.392 e. The lowest BCUT2D eigenvalue weighted by Gasteiger charge is -2.15. The number of aryl methyl sites for hydroxylation is 1. The molecular weight excluding hydrogens is 448 g/mol. The molecule has 6 nitrogen and oxygen atoms in total. The number of aliphatic hydroxyl groups is 1. The third kappa shape index (κ3) is 4.66. The summed E-state index contributed by atoms with van der Waals surface area (Å²) in [5.41, 5.74) is 6.58. The van der Waals surface area contributed by atoms with Crippen LogP contribution in [-0.4, -0.2) is 30.3 Å². The number of benzene rings is 3. The second-order valence-corrected chi connectivity index (χ2v) is 10.3. The first-order valence-electron chi connectivity index (χ1n) is 10.8. The second kappa shape index (κ2) is 9.29. The molecule has 0 bridgehead atoms. The average molecular weight is 475 g/mol. The van der Waals surface area contributed by atoms with E-state index in [1.54, 1.807) is 12.1 Å². The maximum absolute atomic E-state index is 13.1. The normalized spacial score (nSPS) is 11.4. The number of para-hydroxylation sites is 1. The monoisotopic (exact) mass is 474 g/mol. The van der Waals surface area contributed by atoms with E-state index in [0.717, 1.165) is 40.0 Å². The van der Waals surface area contributed by atoms with Crippen LogP contribution in [0.15, 0.2) is 83.8 Å². The third-order valence-electron chi connectivity index (χ3n) is 5.81. The highest BCUT2D eigenvalue weighted by Crippen LogP contribution is 2.31. The summed E-state index contributed by atoms with van der Waals surface area (Å²) in [5, 5.41) is 12.2. The van der Waals surface area contributed by atoms with Gasteiger partial charge in [0.05, 0.1) is 22.8 Å². The van der Waals surface area contributed by atoms with Gasteiger partial charge in [-0.1, -0.05) is 42.5 Å². The standard InChI is InChI=1S/C27H26N2O4S/c1-18-16-25(27(31)28-22-12-14-23(15-13-22)34(3,32)33)19(2)29(18)26-7-5-4-6-24(26)21-10-8-20(17-30)9-11-21/h4-16,30H,17H2,1-3H3,(H,28,31). The molecular formula is C27H26N2O4S. The Hall–Kier alpha value is -3.68. The third-order valence-corrected chi connectivity index (χ3v) is 6.94. The number of carbonyl (C=O) groups is 1. The first-order chi connectivity index (χ1) is 16.2. The van der Waals surface area contributed by atoms with E-state index in [0.29, 0.717) is 11.3 Å². The molecule has 1 amide bonds. The van der Waals surface area contributed by atoms with Gasteiger partial charge in [-0.05, 0) is 61.4 Å². The van der Waals surface area contributed by atoms with Gasteiger partial charge in [0.1, 0.15) is 0 Å². The van der Waals surface area contributed by atoms with E-state index >= 15 is 0 Å². The van der Waals surface area contributed by atoms with Gasteiger partial charge in [0, 0.05) is 28.9 Å². The van der Waals surface area contributed by atoms with Gasteiger partial charge in [0.15, 0.2) is 9.84 Å². The fraction of sp³-hybridized carbons (Fsp3) is 0.148. The fourth-order valence-corrected chi connectivity index (χ4v) is 4.68. The number of sulfone groups is 1. The van der Waals surface area contributed by atoms with Gasteiger partial charge in [0.25, 0.3) is 5.91 Å². The van der Waals surface area contributed by atoms with Gasteiger partial charge in [-0.15, -0.1) is 0 Å². The second-order valence-electron chi connectivity index (χ2n) is 8.24. The van der Waals surface area contributed by atoms with Crippen LogP contribution in [-0.2, 0) is 16.4 Å². The highest BCUT2D eigenvalue weighted by atomic mass is 32.2. The first-order valence-corrected chi connectivity index (χ1v) is 12.7. The Morgan fingerprint density at radius 1 is 0.941 bits per heavy atom. The molecule has 0 saturated heterocycles. The van der Waals surface area contributed by atoms with E-state index in [2.05, 4.69) is 9.88 Å². The minimum Gasteiger partial charge on any atom is -0.392 e. The van der Waals surface area contributed by atoms with Crippen molar-refractivity contribution in [3.05, 3.63) is 101 Å². The number of anilines is 1. The molecule has 34 heavy (non-hydrogen) atoms. The number of aliphatic hydroxyl groups excluding tert-OH is 1. The average Bonchev–Trinajstić information content (AvgIpc) is 3.12. The summed E-state index contributed by atoms with van der Waals surface area (Å²) in [6.45, 7) is 3.85. The predicted molar refractivity (Wildman–Crippen MR) is 134 cm³/mol. The molecule has 0 aliphatic carbocycles. The van der Waals surface area contributed by atoms with Crippen LogP contribution in [0.25, 0.3) is 16.8 Å². The summed E-state index contributed by atoms with van der Waals surface area (Å²) < 4.78 is 25.4. The number of aromatic nitrogens is 1. The van der Waals surface area contributed by atoms with Crippen molar-refractivity contribution in [1.82, 2.24) is 4.57 Å². The summed E-state index contributed by atoms with van der Waals surface area (Å²) in [6.07, 6.45) is 1.15. The van der Waals surface area contributed by atoms with Crippen LogP contribution in [0.2, 0.25) is 0 Å². The highest BCUT2D eigenvalue weighted by molar-refractivity contribution is 7.90. The van der Waals surface area contributed by atoms with Crippen molar-refractivity contribution >= 4 is 21.4 Å². The Morgan fingerprint density at radius 3 is 2.21 bits per heavy atom. The van der Waals surface area contributed by atoms with Crippen LogP contribution in [0.5, 0.6) is 0 Å². The lowest BCUT2D eigenvalue weighted by Crippen LogP contribution is -2.13. The Labute approximate surface area is 199 Å². The van der Waals surface area contributed by atoms with Gasteiger partial charge in [-0.2, -0.15) is 0 Å². The van der Waals surface area contributed by atoms with Crippen molar-refractivity contribution in [2.75, 3.05) is 11.6 Å². The molecule has 1 aromatic heterocycles. The highest BCUT2D eigenvalue weighted by Gasteiger charge is 2.19. The number of nitrogens with zero attached hydrogens (tertiary/aromatic N) is 1. The SMILES string of the molecule is Cc1cc(C(=O)Nc2ccc(S(C)(=O)=O)cc2)c(C)n1-c1ccccc1-c1ccc(CO)cc1. The molecule has 4 aromatic rings. The van der Waals surface area contributed by atoms with Crippen LogP contribution in [0.4, 0.5) is 5.69 Å². The van der Waals surface area contributed by atoms with E-state index in [9.17, 15) is 18.3 Å². The maximum Gasteiger partial charge on any atom is 0.257 e. The fourth-order valence-electron chi connectivity index (χ4n) is 4.05. The molecule has 7 heteroatoms. The predicted octanol–water partition coefficient (Wildman–Crippen LogP) is 4.91. The van der Waals surface area contributed by atoms with Gasteiger partial charge < -0.3 is 15.0 Å². The zero-order valence-corrected chi connectivity index (χ0v) is 20.1. The molecule has 2 N–H and O–H groups in total. The summed E-state index contributed by atoms with van der Waals surface area (Å²) in [7, 11) is -3.30. The smallest absolute Gasteiger partial charge is 0.257 e. The number of rotatable bonds is 6. The van der Waals surface area contributed by atoms with E-state index in [1.807, 2.05) is 68.4 Å². The van der Waals surface area contributed by atoms with Gasteiger partial charge in [-0.3, -0.25) is 4.79 Å². The Balaban J connectivity index is 1.68. The van der Waals surface area contributed by atoms with Crippen molar-refractivity contribution in [2.24, 2.45) is 0 Å². The molecule has 0 radical (unpaired) electrons. The molecule has 0 saturated carbocycles. The minimum atomic E-state index is -3.30. The zero-order valence-electron chi connectivity index (χ0n) is 19.2. The molecule has 1 heterocycles. The van der Waals surface area contributed by atoms with Gasteiger partial charge >= 0.3 is 0 Å². The van der Waals surface area contributed by atoms with E-state index in [4.69, 9.17) is 0 Å². The van der Waals surface area contributed by atoms with E-state index in [-0.39, 0.29) is 17.4 Å². The molecule has 174 valence electrons. The van der Waals surface area contributed by atoms with Crippen molar-refractivity contribution in [3.8, 4) is 16.8 Å². The van der Waals surface area contributed by atoms with Crippen molar-refractivity contribution in [2.45, 2.75) is 25.3 Å². The first kappa shape index (κ1) is 23.5. The summed E-state index contributed by atoms with van der Waals surface area (Å²) >= 11 is 0. The Bertz CT molecular complexity index is 1450. The lowest BCUT2D eigenvalue weighted by molar-refractivity contribution is 0.102. The van der Waals surface area contributed by atoms with E-state index < -0.39 is 9.84 Å². The van der Waals surface area contributed by atoms with Crippen LogP contribution in [0.3, 0.4) is 0 Å². The number of hydrogen-bond donors (Lipinski definition) is 2. The van der Waals surface area contributed by atoms with Gasteiger partial charge in [-0.25, -0.2) is 8.42 Å². The molecule has 0 atom stereocenters. The maximum atomic E-state index is 13.1. The van der Waals surface area contributed by atoms with Crippen LogP contribution < -0.4 is 5.32 Å². The lowest BCUT2D eigenvalue weighted by atomic mass is 10.0. The quantitative estimate of drug-likeness (QED) is 0.416. The van der Waals surface area contributed by atoms with Crippen LogP contribution in [0.1, 0.15) is 27.3 Å². The Kier molecular flexibility index (Phi) is 6.41. The van der Waals surface area contributed by atoms with Gasteiger partial charge in [0.2, 0.25) is 0 Å². The van der Waals surface area contributed by atoms with E-state index in [1.165, 1.54) is 12.1 Å². The number of hydrogen-bond acceptors (Lipinski definition) is 4. The molecule has 3 aromatic carbocycles. The summed E-state index contributed by atoms with van der Waals surface area (Å²) in [5.74, 6) is -0.267. The van der Waals surface area contributed by atoms with Crippen LogP contribution >= 0.6 is 0 Å². The molecule has 0 aliphatic heterocycles. The number of amides is 1. The van der Waals surface area contributed by atoms with Crippen molar-refractivity contribution in [3.63, 3.8) is 0 Å². The topological polar surface area (TPSA) is 88.4 Å². The zero-order chi connectivity index (χ0) is 24.5. The Morgan fingerprint density at radius 2 is 1.59 bits per heavy atom. The number of nitrogens with one attached hydrogen (secondary N) is 1. The number of carbonyl (C=O) groups excluding carboxylic acids is 1. The minimum absolute atomic E-state index is 0.00675. The van der Waals surface area contributed by atoms with Crippen molar-refractivity contribution < 1.29 is 18.3 Å². The summed E-state index contributed by atoms with van der Waals surface area (Å²) in [6, 6.07) is 23.7. The summed E-state index contributed by atoms with van der Waals surface area (Å²) in [4.78, 5) is 13.3. The molecule has 0 aliphatic rings. The molecule has 0 unspecified atom stereocenters. The van der Waals surface area contributed by atoms with Crippen molar-refractivity contribution in [1.29, 1.82) is 0 Å². The molecule has 0 fully saturated rings. The van der Waals surface area contributed by atoms with Crippen LogP contribution in [0, 0.1) is 13.8 Å².